The topological polar surface area (TPSA) is 91.8 Å². The second-order valence-corrected chi connectivity index (χ2v) is 4.75. The van der Waals surface area contributed by atoms with E-state index in [0.29, 0.717) is 12.2 Å². The Bertz CT molecular complexity index is 660. The molecule has 1 heterocycles. The number of nitro benzene ring substituents is 1. The lowest BCUT2D eigenvalue weighted by Crippen LogP contribution is -2.02. The van der Waals surface area contributed by atoms with Crippen molar-refractivity contribution in [2.24, 2.45) is 0 Å². The fourth-order valence-electron chi connectivity index (χ4n) is 1.57. The van der Waals surface area contributed by atoms with E-state index in [1.165, 1.54) is 17.4 Å². The monoisotopic (exact) mass is 274 g/mol. The number of nitrogens with zero attached hydrogens (tertiary/aromatic N) is 3. The zero-order valence-electron chi connectivity index (χ0n) is 10.1. The second-order valence-electron chi connectivity index (χ2n) is 3.82. The van der Waals surface area contributed by atoms with Gasteiger partial charge in [0, 0.05) is 10.9 Å². The van der Waals surface area contributed by atoms with Crippen LogP contribution >= 0.6 is 11.3 Å². The van der Waals surface area contributed by atoms with Crippen LogP contribution in [-0.4, -0.2) is 9.91 Å². The minimum absolute atomic E-state index is 0.0961. The molecule has 2 aromatic rings. The summed E-state index contributed by atoms with van der Waals surface area (Å²) in [6.45, 7) is 2.37. The summed E-state index contributed by atoms with van der Waals surface area (Å²) in [5.41, 5.74) is 3.22. The molecular formula is C12H10N4O2S. The fourth-order valence-corrected chi connectivity index (χ4v) is 2.29. The summed E-state index contributed by atoms with van der Waals surface area (Å²) in [4.78, 5) is 15.6. The van der Waals surface area contributed by atoms with Gasteiger partial charge in [-0.25, -0.2) is 4.98 Å². The zero-order chi connectivity index (χ0) is 13.8. The van der Waals surface area contributed by atoms with Gasteiger partial charge in [-0.2, -0.15) is 5.26 Å². The number of nitriles is 1. The van der Waals surface area contributed by atoms with E-state index in [-0.39, 0.29) is 11.3 Å². The van der Waals surface area contributed by atoms with Crippen LogP contribution in [-0.2, 0) is 6.54 Å². The van der Waals surface area contributed by atoms with Gasteiger partial charge < -0.3 is 5.32 Å². The number of nitro groups is 1. The Morgan fingerprint density at radius 3 is 2.95 bits per heavy atom. The summed E-state index contributed by atoms with van der Waals surface area (Å²) < 4.78 is 0. The van der Waals surface area contributed by atoms with E-state index in [0.717, 1.165) is 10.6 Å². The van der Waals surface area contributed by atoms with E-state index < -0.39 is 4.92 Å². The van der Waals surface area contributed by atoms with Crippen molar-refractivity contribution in [3.8, 4) is 6.07 Å². The number of hydrogen-bond donors (Lipinski definition) is 1. The summed E-state index contributed by atoms with van der Waals surface area (Å²) >= 11 is 1.49. The third-order valence-corrected chi connectivity index (χ3v) is 3.54. The summed E-state index contributed by atoms with van der Waals surface area (Å²) in [6.07, 6.45) is 0. The van der Waals surface area contributed by atoms with Gasteiger partial charge >= 0.3 is 0 Å². The Kier molecular flexibility index (Phi) is 3.73. The van der Waals surface area contributed by atoms with Gasteiger partial charge in [0.25, 0.3) is 5.69 Å². The number of hydrogen-bond acceptors (Lipinski definition) is 6. The van der Waals surface area contributed by atoms with E-state index in [2.05, 4.69) is 10.3 Å². The highest BCUT2D eigenvalue weighted by Crippen LogP contribution is 2.26. The van der Waals surface area contributed by atoms with Crippen molar-refractivity contribution in [2.45, 2.75) is 13.5 Å². The molecule has 1 aromatic carbocycles. The Balaban J connectivity index is 2.23. The molecule has 1 aromatic heterocycles. The maximum Gasteiger partial charge on any atom is 0.293 e. The third-order valence-electron chi connectivity index (χ3n) is 2.61. The molecule has 2 rings (SSSR count). The smallest absolute Gasteiger partial charge is 0.293 e. The van der Waals surface area contributed by atoms with Crippen molar-refractivity contribution >= 4 is 22.7 Å². The van der Waals surface area contributed by atoms with Crippen molar-refractivity contribution in [3.05, 3.63) is 50.0 Å². The average molecular weight is 274 g/mol. The predicted molar refractivity (Wildman–Crippen MR) is 72.0 cm³/mol. The Morgan fingerprint density at radius 1 is 1.58 bits per heavy atom. The van der Waals surface area contributed by atoms with Crippen molar-refractivity contribution < 1.29 is 4.92 Å². The van der Waals surface area contributed by atoms with Gasteiger partial charge in [-0.05, 0) is 19.1 Å². The lowest BCUT2D eigenvalue weighted by Gasteiger charge is -2.06. The fraction of sp³-hybridized carbons (Fsp3) is 0.167. The highest BCUT2D eigenvalue weighted by molar-refractivity contribution is 7.09. The molecule has 0 radical (unpaired) electrons. The molecule has 0 spiro atoms. The highest BCUT2D eigenvalue weighted by Gasteiger charge is 2.14. The Morgan fingerprint density at radius 2 is 2.37 bits per heavy atom. The lowest BCUT2D eigenvalue weighted by atomic mass is 10.2. The zero-order valence-corrected chi connectivity index (χ0v) is 10.9. The van der Waals surface area contributed by atoms with Gasteiger partial charge in [-0.3, -0.25) is 10.1 Å². The molecule has 0 unspecified atom stereocenters. The quantitative estimate of drug-likeness (QED) is 0.683. The van der Waals surface area contributed by atoms with Crippen LogP contribution in [0.15, 0.2) is 23.7 Å². The summed E-state index contributed by atoms with van der Waals surface area (Å²) in [7, 11) is 0. The van der Waals surface area contributed by atoms with Crippen LogP contribution in [0.5, 0.6) is 0 Å². The molecule has 1 N–H and O–H groups in total. The molecule has 0 saturated heterocycles. The SMILES string of the molecule is Cc1ncsc1CNc1ccc(C#N)cc1[N+](=O)[O-]. The number of nitrogens with one attached hydrogen (secondary N) is 1. The van der Waals surface area contributed by atoms with Crippen LogP contribution < -0.4 is 5.32 Å². The van der Waals surface area contributed by atoms with Crippen LogP contribution in [0.4, 0.5) is 11.4 Å². The number of anilines is 1. The minimum atomic E-state index is -0.497. The van der Waals surface area contributed by atoms with E-state index in [1.54, 1.807) is 17.6 Å². The van der Waals surface area contributed by atoms with Crippen LogP contribution in [0.3, 0.4) is 0 Å². The van der Waals surface area contributed by atoms with Crippen LogP contribution in [0, 0.1) is 28.4 Å². The largest absolute Gasteiger partial charge is 0.375 e. The van der Waals surface area contributed by atoms with Gasteiger partial charge in [0.15, 0.2) is 0 Å². The van der Waals surface area contributed by atoms with Crippen molar-refractivity contribution in [3.63, 3.8) is 0 Å². The van der Waals surface area contributed by atoms with E-state index in [4.69, 9.17) is 5.26 Å². The van der Waals surface area contributed by atoms with Gasteiger partial charge in [-0.1, -0.05) is 0 Å². The molecule has 0 amide bonds. The molecule has 0 aliphatic carbocycles. The standard InChI is InChI=1S/C12H10N4O2S/c1-8-12(19-7-15-8)6-14-10-3-2-9(5-13)4-11(10)16(17)18/h2-4,7,14H,6H2,1H3. The predicted octanol–water partition coefficient (Wildman–Crippen LogP) is 2.84. The molecule has 0 saturated carbocycles. The van der Waals surface area contributed by atoms with Gasteiger partial charge in [0.2, 0.25) is 0 Å². The van der Waals surface area contributed by atoms with Crippen molar-refractivity contribution in [1.82, 2.24) is 4.98 Å². The van der Waals surface area contributed by atoms with Gasteiger partial charge in [0.1, 0.15) is 5.69 Å². The average Bonchev–Trinajstić information content (AvgIpc) is 2.81. The number of benzene rings is 1. The molecular weight excluding hydrogens is 264 g/mol. The highest BCUT2D eigenvalue weighted by atomic mass is 32.1. The molecule has 96 valence electrons. The molecule has 19 heavy (non-hydrogen) atoms. The molecule has 0 aliphatic rings. The van der Waals surface area contributed by atoms with Crippen molar-refractivity contribution in [1.29, 1.82) is 5.26 Å². The molecule has 0 fully saturated rings. The molecule has 0 aliphatic heterocycles. The Hall–Kier alpha value is -2.46. The number of thiazole rings is 1. The van der Waals surface area contributed by atoms with E-state index in [9.17, 15) is 10.1 Å². The second kappa shape index (κ2) is 5.46. The van der Waals surface area contributed by atoms with Crippen LogP contribution in [0.1, 0.15) is 16.1 Å². The molecule has 6 nitrogen and oxygen atoms in total. The Labute approximate surface area is 113 Å². The first-order chi connectivity index (χ1) is 9.11. The first kappa shape index (κ1) is 13.0. The summed E-state index contributed by atoms with van der Waals surface area (Å²) in [5.74, 6) is 0. The van der Waals surface area contributed by atoms with Crippen LogP contribution in [0.2, 0.25) is 0 Å². The van der Waals surface area contributed by atoms with Crippen molar-refractivity contribution in [2.75, 3.05) is 5.32 Å². The number of aryl methyl sites for hydroxylation is 1. The molecule has 0 bridgehead atoms. The van der Waals surface area contributed by atoms with Gasteiger partial charge in [0.05, 0.1) is 34.3 Å². The normalized spacial score (nSPS) is 9.89. The summed E-state index contributed by atoms with van der Waals surface area (Å²) in [6, 6.07) is 6.25. The number of rotatable bonds is 4. The van der Waals surface area contributed by atoms with Crippen LogP contribution in [0.25, 0.3) is 0 Å². The first-order valence-electron chi connectivity index (χ1n) is 5.43. The third kappa shape index (κ3) is 2.86. The van der Waals surface area contributed by atoms with Gasteiger partial charge in [-0.15, -0.1) is 11.3 Å². The first-order valence-corrected chi connectivity index (χ1v) is 6.31. The van der Waals surface area contributed by atoms with E-state index >= 15 is 0 Å². The maximum absolute atomic E-state index is 11.0. The maximum atomic E-state index is 11.0. The minimum Gasteiger partial charge on any atom is -0.375 e. The molecule has 0 atom stereocenters. The van der Waals surface area contributed by atoms with E-state index in [1.807, 2.05) is 13.0 Å². The molecule has 7 heteroatoms. The summed E-state index contributed by atoms with van der Waals surface area (Å²) in [5, 5.41) is 22.7. The lowest BCUT2D eigenvalue weighted by molar-refractivity contribution is -0.384. The number of aromatic nitrogens is 1.